The Morgan fingerprint density at radius 3 is 2.50 bits per heavy atom. The average molecular weight is 222 g/mol. The second-order valence-electron chi connectivity index (χ2n) is 6.79. The minimum Gasteiger partial charge on any atom is -0.392 e. The minimum atomic E-state index is -0.597. The lowest BCUT2D eigenvalue weighted by atomic mass is 9.21. The van der Waals surface area contributed by atoms with Gasteiger partial charge < -0.3 is 15.0 Å². The summed E-state index contributed by atoms with van der Waals surface area (Å²) in [6.07, 6.45) is 4.22. The summed E-state index contributed by atoms with van der Waals surface area (Å²) in [6, 6.07) is 0. The lowest BCUT2D eigenvalue weighted by molar-refractivity contribution is -0.440. The van der Waals surface area contributed by atoms with Gasteiger partial charge in [-0.2, -0.15) is 0 Å². The van der Waals surface area contributed by atoms with Crippen molar-refractivity contribution >= 4 is 6.29 Å². The van der Waals surface area contributed by atoms with Crippen LogP contribution < -0.4 is 0 Å². The van der Waals surface area contributed by atoms with Gasteiger partial charge in [0.05, 0.1) is 11.7 Å². The van der Waals surface area contributed by atoms with Gasteiger partial charge in [-0.15, -0.1) is 0 Å². The molecule has 0 radical (unpaired) electrons. The SMILES string of the molecule is CC1(C2CC2C=O)CC2CC3(O)CC(O)C231. The van der Waals surface area contributed by atoms with E-state index in [1.54, 1.807) is 0 Å². The van der Waals surface area contributed by atoms with E-state index >= 15 is 0 Å². The number of aliphatic hydroxyl groups excluding tert-OH is 1. The van der Waals surface area contributed by atoms with E-state index < -0.39 is 5.60 Å². The molecule has 88 valence electrons. The second-order valence-corrected chi connectivity index (χ2v) is 6.79. The van der Waals surface area contributed by atoms with Crippen LogP contribution in [0.1, 0.15) is 32.6 Å². The number of hydrogen-bond acceptors (Lipinski definition) is 3. The topological polar surface area (TPSA) is 57.5 Å². The zero-order valence-electron chi connectivity index (χ0n) is 9.52. The summed E-state index contributed by atoms with van der Waals surface area (Å²) in [6.45, 7) is 2.18. The van der Waals surface area contributed by atoms with Crippen molar-refractivity contribution < 1.29 is 15.0 Å². The van der Waals surface area contributed by atoms with Crippen molar-refractivity contribution in [2.45, 2.75) is 44.3 Å². The molecular weight excluding hydrogens is 204 g/mol. The number of carbonyl (C=O) groups is 1. The van der Waals surface area contributed by atoms with Gasteiger partial charge in [-0.3, -0.25) is 0 Å². The molecule has 0 aromatic carbocycles. The molecule has 3 heteroatoms. The van der Waals surface area contributed by atoms with Crippen LogP contribution in [0, 0.1) is 28.6 Å². The van der Waals surface area contributed by atoms with Crippen molar-refractivity contribution in [2.75, 3.05) is 0 Å². The molecule has 0 aliphatic heterocycles. The van der Waals surface area contributed by atoms with Crippen molar-refractivity contribution in [1.82, 2.24) is 0 Å². The van der Waals surface area contributed by atoms with E-state index in [9.17, 15) is 15.0 Å². The highest BCUT2D eigenvalue weighted by atomic mass is 16.3. The third-order valence-corrected chi connectivity index (χ3v) is 6.50. The van der Waals surface area contributed by atoms with E-state index in [0.29, 0.717) is 18.3 Å². The fourth-order valence-electron chi connectivity index (χ4n) is 5.89. The quantitative estimate of drug-likeness (QED) is 0.677. The zero-order chi connectivity index (χ0) is 11.3. The minimum absolute atomic E-state index is 0.0217. The predicted octanol–water partition coefficient (Wildman–Crippen LogP) is 0.733. The number of aliphatic hydroxyl groups is 2. The Kier molecular flexibility index (Phi) is 1.35. The van der Waals surface area contributed by atoms with Crippen molar-refractivity contribution in [3.05, 3.63) is 0 Å². The van der Waals surface area contributed by atoms with E-state index in [0.717, 1.165) is 25.5 Å². The van der Waals surface area contributed by atoms with Crippen LogP contribution in [0.25, 0.3) is 0 Å². The maximum Gasteiger partial charge on any atom is 0.123 e. The first-order chi connectivity index (χ1) is 7.49. The van der Waals surface area contributed by atoms with Crippen molar-refractivity contribution in [2.24, 2.45) is 28.6 Å². The number of rotatable bonds is 2. The van der Waals surface area contributed by atoms with Gasteiger partial charge in [0.25, 0.3) is 0 Å². The third-order valence-electron chi connectivity index (χ3n) is 6.50. The van der Waals surface area contributed by atoms with Gasteiger partial charge in [-0.25, -0.2) is 0 Å². The van der Waals surface area contributed by atoms with Gasteiger partial charge >= 0.3 is 0 Å². The lowest BCUT2D eigenvalue weighted by Crippen LogP contribution is -2.89. The van der Waals surface area contributed by atoms with Crippen LogP contribution in [0.5, 0.6) is 0 Å². The van der Waals surface area contributed by atoms with E-state index in [-0.39, 0.29) is 22.9 Å². The normalized spacial score (nSPS) is 70.2. The molecule has 0 aromatic heterocycles. The molecule has 0 heterocycles. The maximum absolute atomic E-state index is 10.8. The molecule has 0 amide bonds. The Bertz CT molecular complexity index is 383. The van der Waals surface area contributed by atoms with Gasteiger partial charge in [0.1, 0.15) is 6.29 Å². The summed E-state index contributed by atoms with van der Waals surface area (Å²) in [4.78, 5) is 10.8. The van der Waals surface area contributed by atoms with Crippen LogP contribution in [-0.4, -0.2) is 28.2 Å². The molecule has 1 spiro atoms. The summed E-state index contributed by atoms with van der Waals surface area (Å²) in [5, 5.41) is 20.5. The first kappa shape index (κ1) is 9.60. The largest absolute Gasteiger partial charge is 0.392 e. The standard InChI is InChI=1S/C13H18O3/c1-11(9-2-7(9)6-14)3-8-4-12(16)5-10(15)13(8,11)12/h6-10,15-16H,2-5H2,1H3. The van der Waals surface area contributed by atoms with Gasteiger partial charge in [0, 0.05) is 17.8 Å². The Hall–Kier alpha value is -0.410. The molecule has 4 aliphatic rings. The van der Waals surface area contributed by atoms with Crippen LogP contribution in [0.4, 0.5) is 0 Å². The first-order valence-corrected chi connectivity index (χ1v) is 6.35. The van der Waals surface area contributed by atoms with Crippen molar-refractivity contribution in [3.8, 4) is 0 Å². The number of aldehydes is 1. The highest BCUT2D eigenvalue weighted by Crippen LogP contribution is 2.87. The van der Waals surface area contributed by atoms with E-state index in [1.807, 2.05) is 0 Å². The number of carbonyl (C=O) groups excluding carboxylic acids is 1. The summed E-state index contributed by atoms with van der Waals surface area (Å²) in [5.74, 6) is 1.13. The number of hydrogen-bond donors (Lipinski definition) is 2. The molecule has 4 aliphatic carbocycles. The molecule has 3 nitrogen and oxygen atoms in total. The summed E-state index contributed by atoms with van der Waals surface area (Å²) in [5.41, 5.74) is -0.809. The van der Waals surface area contributed by atoms with Crippen LogP contribution in [0.15, 0.2) is 0 Å². The van der Waals surface area contributed by atoms with Gasteiger partial charge in [-0.05, 0) is 36.5 Å². The monoisotopic (exact) mass is 222 g/mol. The summed E-state index contributed by atoms with van der Waals surface area (Å²) in [7, 11) is 0. The summed E-state index contributed by atoms with van der Waals surface area (Å²) >= 11 is 0. The molecule has 0 bridgehead atoms. The van der Waals surface area contributed by atoms with Crippen molar-refractivity contribution in [1.29, 1.82) is 0 Å². The van der Waals surface area contributed by atoms with Gasteiger partial charge in [0.2, 0.25) is 0 Å². The molecule has 16 heavy (non-hydrogen) atoms. The highest BCUT2D eigenvalue weighted by molar-refractivity contribution is 5.59. The predicted molar refractivity (Wildman–Crippen MR) is 56.5 cm³/mol. The first-order valence-electron chi connectivity index (χ1n) is 6.35. The fraction of sp³-hybridized carbons (Fsp3) is 0.923. The molecule has 0 saturated heterocycles. The van der Waals surface area contributed by atoms with Crippen LogP contribution in [0.2, 0.25) is 0 Å². The van der Waals surface area contributed by atoms with Gasteiger partial charge in [-0.1, -0.05) is 6.92 Å². The summed E-state index contributed by atoms with van der Waals surface area (Å²) < 4.78 is 0. The van der Waals surface area contributed by atoms with Crippen LogP contribution in [-0.2, 0) is 4.79 Å². The average Bonchev–Trinajstić information content (AvgIpc) is 2.93. The third kappa shape index (κ3) is 0.628. The molecule has 4 saturated carbocycles. The Morgan fingerprint density at radius 1 is 1.31 bits per heavy atom. The van der Waals surface area contributed by atoms with Crippen LogP contribution in [0.3, 0.4) is 0 Å². The van der Waals surface area contributed by atoms with E-state index in [1.165, 1.54) is 0 Å². The molecule has 7 atom stereocenters. The molecular formula is C13H18O3. The molecule has 0 aromatic rings. The molecule has 4 fully saturated rings. The van der Waals surface area contributed by atoms with Gasteiger partial charge in [0.15, 0.2) is 0 Å². The Balaban J connectivity index is 1.70. The Morgan fingerprint density at radius 2 is 2.06 bits per heavy atom. The van der Waals surface area contributed by atoms with Crippen LogP contribution >= 0.6 is 0 Å². The highest BCUT2D eigenvalue weighted by Gasteiger charge is 2.89. The van der Waals surface area contributed by atoms with E-state index in [2.05, 4.69) is 6.92 Å². The smallest absolute Gasteiger partial charge is 0.123 e. The van der Waals surface area contributed by atoms with Crippen molar-refractivity contribution in [3.63, 3.8) is 0 Å². The lowest BCUT2D eigenvalue weighted by Gasteiger charge is -2.85. The van der Waals surface area contributed by atoms with E-state index in [4.69, 9.17) is 0 Å². The second kappa shape index (κ2) is 2.25. The Labute approximate surface area is 94.8 Å². The zero-order valence-corrected chi connectivity index (χ0v) is 9.52. The molecule has 2 N–H and O–H groups in total. The molecule has 7 unspecified atom stereocenters. The maximum atomic E-state index is 10.8. The molecule has 4 rings (SSSR count). The fourth-order valence-corrected chi connectivity index (χ4v) is 5.89.